The minimum Gasteiger partial charge on any atom is -0.508 e. The molecule has 33 heavy (non-hydrogen) atoms. The number of fused-ring (bicyclic) bond motifs is 5. The summed E-state index contributed by atoms with van der Waals surface area (Å²) in [5.74, 6) is 2.40. The van der Waals surface area contributed by atoms with E-state index in [1.807, 2.05) is 12.1 Å². The SMILES string of the molecule is CCCCCCCCCCCC(=O)O[C@H]1CC[C@H]2[C@@H]3CCc4cc(O)ccc4[C@H]3CC[C@]12C. The lowest BCUT2D eigenvalue weighted by Crippen LogP contribution is -2.45. The highest BCUT2D eigenvalue weighted by Crippen LogP contribution is 2.61. The van der Waals surface area contributed by atoms with Gasteiger partial charge in [0.1, 0.15) is 11.9 Å². The largest absolute Gasteiger partial charge is 0.508 e. The number of carbonyl (C=O) groups is 1. The number of hydrogen-bond acceptors (Lipinski definition) is 3. The summed E-state index contributed by atoms with van der Waals surface area (Å²) < 4.78 is 6.15. The Morgan fingerprint density at radius 2 is 1.73 bits per heavy atom. The van der Waals surface area contributed by atoms with Crippen molar-refractivity contribution in [2.75, 3.05) is 0 Å². The van der Waals surface area contributed by atoms with Gasteiger partial charge in [0.2, 0.25) is 0 Å². The Hall–Kier alpha value is -1.51. The zero-order valence-corrected chi connectivity index (χ0v) is 21.1. The van der Waals surface area contributed by atoms with Gasteiger partial charge in [0.15, 0.2) is 0 Å². The Labute approximate surface area is 201 Å². The number of ether oxygens (including phenoxy) is 1. The first-order valence-electron chi connectivity index (χ1n) is 14.0. The van der Waals surface area contributed by atoms with Crippen molar-refractivity contribution >= 4 is 5.97 Å². The Balaban J connectivity index is 1.22. The highest BCUT2D eigenvalue weighted by Gasteiger charge is 2.56. The molecule has 3 aliphatic rings. The number of esters is 1. The van der Waals surface area contributed by atoms with Gasteiger partial charge in [-0.25, -0.2) is 0 Å². The number of hydrogen-bond donors (Lipinski definition) is 1. The summed E-state index contributed by atoms with van der Waals surface area (Å²) in [7, 11) is 0. The van der Waals surface area contributed by atoms with Crippen LogP contribution in [0.5, 0.6) is 5.75 Å². The van der Waals surface area contributed by atoms with Crippen LogP contribution in [0.4, 0.5) is 0 Å². The molecule has 0 saturated heterocycles. The van der Waals surface area contributed by atoms with E-state index in [9.17, 15) is 9.90 Å². The lowest BCUT2D eigenvalue weighted by molar-refractivity contribution is -0.157. The summed E-state index contributed by atoms with van der Waals surface area (Å²) >= 11 is 0. The summed E-state index contributed by atoms with van der Waals surface area (Å²) in [4.78, 5) is 12.7. The van der Waals surface area contributed by atoms with Gasteiger partial charge < -0.3 is 9.84 Å². The summed E-state index contributed by atoms with van der Waals surface area (Å²) in [6.07, 6.45) is 19.0. The number of benzene rings is 1. The van der Waals surface area contributed by atoms with Crippen molar-refractivity contribution < 1.29 is 14.6 Å². The Bertz CT molecular complexity index is 787. The molecule has 4 rings (SSSR count). The quantitative estimate of drug-likeness (QED) is 0.271. The van der Waals surface area contributed by atoms with E-state index in [-0.39, 0.29) is 17.5 Å². The van der Waals surface area contributed by atoms with Crippen molar-refractivity contribution in [2.24, 2.45) is 17.3 Å². The van der Waals surface area contributed by atoms with Crippen LogP contribution in [-0.4, -0.2) is 17.2 Å². The molecule has 0 heterocycles. The Morgan fingerprint density at radius 1 is 1.00 bits per heavy atom. The van der Waals surface area contributed by atoms with Crippen LogP contribution in [-0.2, 0) is 16.0 Å². The average Bonchev–Trinajstić information content (AvgIpc) is 3.13. The Kier molecular flexibility index (Phi) is 8.41. The molecule has 0 amide bonds. The second-order valence-corrected chi connectivity index (χ2v) is 11.5. The van der Waals surface area contributed by atoms with Crippen LogP contribution in [0.1, 0.15) is 127 Å². The molecule has 3 nitrogen and oxygen atoms in total. The fourth-order valence-corrected chi connectivity index (χ4v) is 7.51. The minimum atomic E-state index is 0.0383. The molecule has 0 bridgehead atoms. The average molecular weight is 455 g/mol. The fourth-order valence-electron chi connectivity index (χ4n) is 7.51. The van der Waals surface area contributed by atoms with Gasteiger partial charge >= 0.3 is 5.97 Å². The molecule has 1 aromatic carbocycles. The van der Waals surface area contributed by atoms with Gasteiger partial charge in [0, 0.05) is 11.8 Å². The zero-order chi connectivity index (χ0) is 23.3. The molecule has 0 radical (unpaired) electrons. The van der Waals surface area contributed by atoms with Crippen LogP contribution >= 0.6 is 0 Å². The third kappa shape index (κ3) is 5.60. The molecule has 0 aromatic heterocycles. The molecule has 2 fully saturated rings. The summed E-state index contributed by atoms with van der Waals surface area (Å²) in [6.45, 7) is 4.67. The van der Waals surface area contributed by atoms with Crippen molar-refractivity contribution in [3.05, 3.63) is 29.3 Å². The lowest BCUT2D eigenvalue weighted by atomic mass is 9.55. The van der Waals surface area contributed by atoms with Gasteiger partial charge in [-0.2, -0.15) is 0 Å². The molecule has 1 aromatic rings. The lowest BCUT2D eigenvalue weighted by Gasteiger charge is -2.50. The number of aryl methyl sites for hydroxylation is 1. The van der Waals surface area contributed by atoms with E-state index in [1.54, 1.807) is 0 Å². The normalized spacial score (nSPS) is 30.4. The fraction of sp³-hybridized carbons (Fsp3) is 0.767. The second kappa shape index (κ2) is 11.3. The van der Waals surface area contributed by atoms with Gasteiger partial charge in [0.05, 0.1) is 0 Å². The number of aromatic hydroxyl groups is 1. The monoisotopic (exact) mass is 454 g/mol. The zero-order valence-electron chi connectivity index (χ0n) is 21.1. The van der Waals surface area contributed by atoms with E-state index in [4.69, 9.17) is 4.74 Å². The van der Waals surface area contributed by atoms with Crippen molar-refractivity contribution in [1.82, 2.24) is 0 Å². The third-order valence-corrected chi connectivity index (χ3v) is 9.38. The van der Waals surface area contributed by atoms with E-state index in [2.05, 4.69) is 19.9 Å². The number of carbonyl (C=O) groups excluding carboxylic acids is 1. The summed E-state index contributed by atoms with van der Waals surface area (Å²) in [5, 5.41) is 9.89. The van der Waals surface area contributed by atoms with Crippen molar-refractivity contribution in [2.45, 2.75) is 129 Å². The maximum atomic E-state index is 12.7. The van der Waals surface area contributed by atoms with E-state index in [1.165, 1.54) is 75.3 Å². The highest BCUT2D eigenvalue weighted by molar-refractivity contribution is 5.69. The van der Waals surface area contributed by atoms with E-state index in [0.717, 1.165) is 32.1 Å². The molecule has 5 atom stereocenters. The second-order valence-electron chi connectivity index (χ2n) is 11.5. The molecule has 0 unspecified atom stereocenters. The van der Waals surface area contributed by atoms with Crippen LogP contribution in [0.15, 0.2) is 18.2 Å². The van der Waals surface area contributed by atoms with Crippen LogP contribution < -0.4 is 0 Å². The maximum absolute atomic E-state index is 12.7. The Morgan fingerprint density at radius 3 is 2.48 bits per heavy atom. The van der Waals surface area contributed by atoms with E-state index < -0.39 is 0 Å². The van der Waals surface area contributed by atoms with Gasteiger partial charge in [0.25, 0.3) is 0 Å². The number of rotatable bonds is 11. The minimum absolute atomic E-state index is 0.0383. The predicted octanol–water partition coefficient (Wildman–Crippen LogP) is 8.08. The van der Waals surface area contributed by atoms with Crippen molar-refractivity contribution in [3.8, 4) is 5.75 Å². The van der Waals surface area contributed by atoms with Crippen LogP contribution in [0.25, 0.3) is 0 Å². The molecule has 0 spiro atoms. The van der Waals surface area contributed by atoms with Gasteiger partial charge in [-0.15, -0.1) is 0 Å². The molecule has 184 valence electrons. The molecular weight excluding hydrogens is 408 g/mol. The topological polar surface area (TPSA) is 46.5 Å². The first-order valence-corrected chi connectivity index (χ1v) is 14.0. The number of phenolic OH excluding ortho intramolecular Hbond substituents is 1. The van der Waals surface area contributed by atoms with Crippen molar-refractivity contribution in [3.63, 3.8) is 0 Å². The van der Waals surface area contributed by atoms with E-state index in [0.29, 0.717) is 29.9 Å². The molecule has 3 aliphatic carbocycles. The summed E-state index contributed by atoms with van der Waals surface area (Å²) in [5.41, 5.74) is 2.96. The van der Waals surface area contributed by atoms with Crippen LogP contribution in [0, 0.1) is 17.3 Å². The summed E-state index contributed by atoms with van der Waals surface area (Å²) in [6, 6.07) is 6.01. The van der Waals surface area contributed by atoms with Crippen LogP contribution in [0.3, 0.4) is 0 Å². The third-order valence-electron chi connectivity index (χ3n) is 9.38. The van der Waals surface area contributed by atoms with Gasteiger partial charge in [-0.05, 0) is 86.0 Å². The maximum Gasteiger partial charge on any atom is 0.306 e. The van der Waals surface area contributed by atoms with Gasteiger partial charge in [-0.1, -0.05) is 71.3 Å². The van der Waals surface area contributed by atoms with Crippen molar-refractivity contribution in [1.29, 1.82) is 0 Å². The smallest absolute Gasteiger partial charge is 0.306 e. The first kappa shape index (κ1) is 24.6. The molecule has 3 heteroatoms. The predicted molar refractivity (Wildman–Crippen MR) is 134 cm³/mol. The molecule has 2 saturated carbocycles. The number of unbranched alkanes of at least 4 members (excludes halogenated alkanes) is 8. The van der Waals surface area contributed by atoms with Gasteiger partial charge in [-0.3, -0.25) is 4.79 Å². The van der Waals surface area contributed by atoms with E-state index >= 15 is 0 Å². The van der Waals surface area contributed by atoms with Crippen LogP contribution in [0.2, 0.25) is 0 Å². The first-order chi connectivity index (χ1) is 16.0. The highest BCUT2D eigenvalue weighted by atomic mass is 16.5. The molecule has 0 aliphatic heterocycles. The standard InChI is InChI=1S/C30H46O3/c1-3-4-5-6-7-8-9-10-11-12-29(32)33-28-18-17-27-26-15-13-22-21-23(31)14-16-24(22)25(26)19-20-30(27,28)2/h14,16,21,25-28,31H,3-13,15,17-20H2,1-2H3/t25-,26-,27+,28+,30+/m1/s1. The molecule has 1 N–H and O–H groups in total. The molecular formula is C30H46O3. The number of phenols is 1.